The van der Waals surface area contributed by atoms with E-state index in [9.17, 15) is 4.79 Å². The molecule has 0 saturated carbocycles. The molecule has 3 heterocycles. The van der Waals surface area contributed by atoms with E-state index in [1.54, 1.807) is 9.58 Å². The lowest BCUT2D eigenvalue weighted by Gasteiger charge is -2.14. The number of likely N-dealkylation sites (N-methyl/N-ethyl adjacent to an activating group) is 1. The van der Waals surface area contributed by atoms with Crippen LogP contribution in [0.15, 0.2) is 0 Å². The van der Waals surface area contributed by atoms with Crippen LogP contribution >= 0.6 is 0 Å². The van der Waals surface area contributed by atoms with Gasteiger partial charge in [0, 0.05) is 20.6 Å². The molecular formula is C12H18N6O. The minimum absolute atomic E-state index is 0.0882. The van der Waals surface area contributed by atoms with Crippen molar-refractivity contribution in [3.8, 4) is 0 Å². The highest BCUT2D eigenvalue weighted by molar-refractivity contribution is 5.86. The third kappa shape index (κ3) is 1.54. The summed E-state index contributed by atoms with van der Waals surface area (Å²) in [7, 11) is 3.68. The first kappa shape index (κ1) is 12.0. The SMILES string of the molecule is CCc1nn(C)c2c1nc(N)n2C1CCN(C)C1=O. The predicted molar refractivity (Wildman–Crippen MR) is 71.6 cm³/mol. The van der Waals surface area contributed by atoms with Crippen molar-refractivity contribution in [1.82, 2.24) is 24.2 Å². The summed E-state index contributed by atoms with van der Waals surface area (Å²) in [6.07, 6.45) is 1.56. The number of aromatic nitrogens is 4. The fourth-order valence-electron chi connectivity index (χ4n) is 2.81. The lowest BCUT2D eigenvalue weighted by Crippen LogP contribution is -2.25. The topological polar surface area (TPSA) is 82.0 Å². The number of carbonyl (C=O) groups is 1. The zero-order chi connectivity index (χ0) is 13.7. The molecule has 0 aliphatic carbocycles. The smallest absolute Gasteiger partial charge is 0.245 e. The molecule has 0 bridgehead atoms. The molecule has 102 valence electrons. The van der Waals surface area contributed by atoms with Gasteiger partial charge in [-0.1, -0.05) is 6.92 Å². The number of hydrogen-bond acceptors (Lipinski definition) is 4. The summed E-state index contributed by atoms with van der Waals surface area (Å²) in [5.74, 6) is 0.483. The Morgan fingerprint density at radius 3 is 2.74 bits per heavy atom. The lowest BCUT2D eigenvalue weighted by molar-refractivity contribution is -0.129. The van der Waals surface area contributed by atoms with E-state index >= 15 is 0 Å². The number of imidazole rings is 1. The Bertz CT molecular complexity index is 655. The van der Waals surface area contributed by atoms with Gasteiger partial charge in [-0.25, -0.2) is 4.98 Å². The normalized spacial score (nSPS) is 19.8. The molecule has 1 saturated heterocycles. The summed E-state index contributed by atoms with van der Waals surface area (Å²) in [5, 5.41) is 4.44. The van der Waals surface area contributed by atoms with Gasteiger partial charge in [0.25, 0.3) is 0 Å². The fraction of sp³-hybridized carbons (Fsp3) is 0.583. The predicted octanol–water partition coefficient (Wildman–Crippen LogP) is 0.318. The quantitative estimate of drug-likeness (QED) is 0.845. The third-order valence-corrected chi connectivity index (χ3v) is 3.81. The van der Waals surface area contributed by atoms with E-state index in [0.29, 0.717) is 5.95 Å². The maximum absolute atomic E-state index is 12.2. The summed E-state index contributed by atoms with van der Waals surface area (Å²) >= 11 is 0. The van der Waals surface area contributed by atoms with E-state index in [4.69, 9.17) is 5.73 Å². The van der Waals surface area contributed by atoms with Gasteiger partial charge in [-0.05, 0) is 12.8 Å². The van der Waals surface area contributed by atoms with E-state index in [0.717, 1.165) is 36.2 Å². The van der Waals surface area contributed by atoms with Crippen LogP contribution in [-0.4, -0.2) is 43.7 Å². The van der Waals surface area contributed by atoms with Gasteiger partial charge in [-0.15, -0.1) is 0 Å². The van der Waals surface area contributed by atoms with Crippen molar-refractivity contribution in [2.75, 3.05) is 19.3 Å². The Morgan fingerprint density at radius 2 is 2.16 bits per heavy atom. The van der Waals surface area contributed by atoms with Gasteiger partial charge >= 0.3 is 0 Å². The van der Waals surface area contributed by atoms with Crippen molar-refractivity contribution in [1.29, 1.82) is 0 Å². The molecule has 2 aromatic rings. The zero-order valence-electron chi connectivity index (χ0n) is 11.4. The Balaban J connectivity index is 2.21. The van der Waals surface area contributed by atoms with Crippen LogP contribution in [0.5, 0.6) is 0 Å². The van der Waals surface area contributed by atoms with Crippen molar-refractivity contribution in [3.05, 3.63) is 5.69 Å². The van der Waals surface area contributed by atoms with Gasteiger partial charge in [0.1, 0.15) is 11.6 Å². The minimum Gasteiger partial charge on any atom is -0.369 e. The number of nitrogen functional groups attached to an aromatic ring is 1. The number of aryl methyl sites for hydroxylation is 2. The molecule has 7 heteroatoms. The lowest BCUT2D eigenvalue weighted by atomic mass is 10.2. The van der Waals surface area contributed by atoms with Gasteiger partial charge in [-0.2, -0.15) is 5.10 Å². The second kappa shape index (κ2) is 3.97. The highest BCUT2D eigenvalue weighted by atomic mass is 16.2. The van der Waals surface area contributed by atoms with Gasteiger partial charge in [0.05, 0.1) is 5.69 Å². The summed E-state index contributed by atoms with van der Waals surface area (Å²) in [6, 6.07) is -0.255. The number of amides is 1. The van der Waals surface area contributed by atoms with E-state index in [1.807, 2.05) is 25.6 Å². The molecule has 2 N–H and O–H groups in total. The van der Waals surface area contributed by atoms with Crippen LogP contribution in [0.3, 0.4) is 0 Å². The maximum Gasteiger partial charge on any atom is 0.245 e. The second-order valence-electron chi connectivity index (χ2n) is 5.00. The number of nitrogens with two attached hydrogens (primary N) is 1. The molecule has 1 aliphatic heterocycles. The number of anilines is 1. The molecule has 1 fully saturated rings. The molecule has 0 radical (unpaired) electrons. The fourth-order valence-corrected chi connectivity index (χ4v) is 2.81. The first-order valence-electron chi connectivity index (χ1n) is 6.48. The van der Waals surface area contributed by atoms with Gasteiger partial charge < -0.3 is 10.6 Å². The van der Waals surface area contributed by atoms with Crippen LogP contribution in [0.2, 0.25) is 0 Å². The Morgan fingerprint density at radius 1 is 1.42 bits per heavy atom. The van der Waals surface area contributed by atoms with Gasteiger partial charge in [0.15, 0.2) is 5.65 Å². The molecule has 1 atom stereocenters. The first-order chi connectivity index (χ1) is 9.04. The number of fused-ring (bicyclic) bond motifs is 1. The third-order valence-electron chi connectivity index (χ3n) is 3.81. The molecular weight excluding hydrogens is 244 g/mol. The first-order valence-corrected chi connectivity index (χ1v) is 6.48. The molecule has 0 spiro atoms. The van der Waals surface area contributed by atoms with Crippen LogP contribution in [0.25, 0.3) is 11.2 Å². The number of carbonyl (C=O) groups excluding carboxylic acids is 1. The van der Waals surface area contributed by atoms with E-state index in [-0.39, 0.29) is 11.9 Å². The number of likely N-dealkylation sites (tertiary alicyclic amines) is 1. The molecule has 2 aromatic heterocycles. The molecule has 19 heavy (non-hydrogen) atoms. The largest absolute Gasteiger partial charge is 0.369 e. The van der Waals surface area contributed by atoms with Crippen LogP contribution in [0.1, 0.15) is 25.1 Å². The maximum atomic E-state index is 12.2. The van der Waals surface area contributed by atoms with Crippen LogP contribution in [0, 0.1) is 0 Å². The summed E-state index contributed by atoms with van der Waals surface area (Å²) in [6.45, 7) is 2.78. The van der Waals surface area contributed by atoms with Crippen molar-refractivity contribution in [2.45, 2.75) is 25.8 Å². The van der Waals surface area contributed by atoms with Crippen LogP contribution in [-0.2, 0) is 18.3 Å². The zero-order valence-corrected chi connectivity index (χ0v) is 11.4. The van der Waals surface area contributed by atoms with Crippen molar-refractivity contribution >= 4 is 23.0 Å². The molecule has 0 aromatic carbocycles. The van der Waals surface area contributed by atoms with Gasteiger partial charge in [0.2, 0.25) is 11.9 Å². The average Bonchev–Trinajstić information content (AvgIpc) is 2.97. The second-order valence-corrected chi connectivity index (χ2v) is 5.00. The van der Waals surface area contributed by atoms with Gasteiger partial charge in [-0.3, -0.25) is 14.0 Å². The Kier molecular flexibility index (Phi) is 2.51. The highest BCUT2D eigenvalue weighted by Crippen LogP contribution is 2.30. The van der Waals surface area contributed by atoms with Crippen molar-refractivity contribution in [2.24, 2.45) is 7.05 Å². The molecule has 3 rings (SSSR count). The summed E-state index contributed by atoms with van der Waals surface area (Å²) in [5.41, 5.74) is 8.58. The highest BCUT2D eigenvalue weighted by Gasteiger charge is 2.34. The number of nitrogens with zero attached hydrogens (tertiary/aromatic N) is 5. The standard InChI is InChI=1S/C12H18N6O/c1-4-7-9-10(17(3)15-7)18(12(13)14-9)8-5-6-16(2)11(8)19/h8H,4-6H2,1-3H3,(H2,13,14). The van der Waals surface area contributed by atoms with E-state index in [1.165, 1.54) is 0 Å². The van der Waals surface area contributed by atoms with Crippen molar-refractivity contribution in [3.63, 3.8) is 0 Å². The molecule has 1 amide bonds. The van der Waals surface area contributed by atoms with E-state index in [2.05, 4.69) is 10.1 Å². The summed E-state index contributed by atoms with van der Waals surface area (Å²) in [4.78, 5) is 18.3. The van der Waals surface area contributed by atoms with Crippen LogP contribution in [0.4, 0.5) is 5.95 Å². The minimum atomic E-state index is -0.255. The molecule has 1 aliphatic rings. The Labute approximate surface area is 111 Å². The van der Waals surface area contributed by atoms with Crippen LogP contribution < -0.4 is 5.73 Å². The average molecular weight is 262 g/mol. The number of hydrogen-bond donors (Lipinski definition) is 1. The Hall–Kier alpha value is -2.05. The molecule has 7 nitrogen and oxygen atoms in total. The van der Waals surface area contributed by atoms with Crippen molar-refractivity contribution < 1.29 is 4.79 Å². The summed E-state index contributed by atoms with van der Waals surface area (Å²) < 4.78 is 3.59. The molecule has 1 unspecified atom stereocenters. The van der Waals surface area contributed by atoms with E-state index < -0.39 is 0 Å². The monoisotopic (exact) mass is 262 g/mol. The number of rotatable bonds is 2.